The first kappa shape index (κ1) is 17.1. The normalized spacial score (nSPS) is 10.2. The molecule has 2 amide bonds. The van der Waals surface area contributed by atoms with E-state index in [4.69, 9.17) is 9.47 Å². The number of benzene rings is 1. The van der Waals surface area contributed by atoms with E-state index in [0.29, 0.717) is 31.0 Å². The fourth-order valence-electron chi connectivity index (χ4n) is 2.07. The second-order valence-corrected chi connectivity index (χ2v) is 6.21. The van der Waals surface area contributed by atoms with E-state index in [1.54, 1.807) is 31.8 Å². The number of urea groups is 1. The van der Waals surface area contributed by atoms with Crippen LogP contribution in [0.3, 0.4) is 0 Å². The maximum Gasteiger partial charge on any atom is 0.315 e. The van der Waals surface area contributed by atoms with Crippen molar-refractivity contribution in [1.29, 1.82) is 0 Å². The van der Waals surface area contributed by atoms with Gasteiger partial charge in [0, 0.05) is 17.6 Å². The molecule has 0 saturated carbocycles. The number of hydrogen-bond donors (Lipinski definition) is 2. The third-order valence-corrected chi connectivity index (χ3v) is 4.15. The largest absolute Gasteiger partial charge is 0.493 e. The predicted octanol–water partition coefficient (Wildman–Crippen LogP) is 2.51. The van der Waals surface area contributed by atoms with Crippen LogP contribution in [0.1, 0.15) is 15.4 Å². The van der Waals surface area contributed by atoms with Crippen molar-refractivity contribution in [3.63, 3.8) is 0 Å². The summed E-state index contributed by atoms with van der Waals surface area (Å²) in [7, 11) is 3.21. The van der Waals surface area contributed by atoms with Crippen molar-refractivity contribution in [2.45, 2.75) is 19.9 Å². The van der Waals surface area contributed by atoms with Crippen LogP contribution in [-0.4, -0.2) is 31.8 Å². The molecule has 1 aromatic heterocycles. The van der Waals surface area contributed by atoms with Crippen molar-refractivity contribution >= 4 is 17.4 Å². The van der Waals surface area contributed by atoms with Gasteiger partial charge >= 0.3 is 6.03 Å². The Morgan fingerprint density at radius 1 is 1.22 bits per heavy atom. The zero-order chi connectivity index (χ0) is 16.7. The number of methoxy groups -OCH3 is 2. The molecule has 1 heterocycles. The molecule has 0 spiro atoms. The van der Waals surface area contributed by atoms with Gasteiger partial charge in [-0.3, -0.25) is 0 Å². The van der Waals surface area contributed by atoms with Crippen LogP contribution in [-0.2, 0) is 13.0 Å². The van der Waals surface area contributed by atoms with Gasteiger partial charge in [-0.25, -0.2) is 9.78 Å². The van der Waals surface area contributed by atoms with Crippen molar-refractivity contribution < 1.29 is 14.3 Å². The van der Waals surface area contributed by atoms with E-state index in [1.807, 2.05) is 25.1 Å². The number of amides is 2. The van der Waals surface area contributed by atoms with Crippen molar-refractivity contribution in [1.82, 2.24) is 15.6 Å². The minimum atomic E-state index is -0.184. The fraction of sp³-hybridized carbons (Fsp3) is 0.375. The molecule has 124 valence electrons. The summed E-state index contributed by atoms with van der Waals surface area (Å²) in [6.45, 7) is 2.98. The van der Waals surface area contributed by atoms with Crippen molar-refractivity contribution in [3.05, 3.63) is 39.8 Å². The van der Waals surface area contributed by atoms with Crippen LogP contribution in [0, 0.1) is 6.92 Å². The average Bonchev–Trinajstić information content (AvgIpc) is 2.98. The van der Waals surface area contributed by atoms with Gasteiger partial charge in [0.25, 0.3) is 0 Å². The molecule has 6 nitrogen and oxygen atoms in total. The third-order valence-electron chi connectivity index (χ3n) is 3.24. The Kier molecular flexibility index (Phi) is 6.22. The first-order valence-corrected chi connectivity index (χ1v) is 8.08. The van der Waals surface area contributed by atoms with Gasteiger partial charge in [0.15, 0.2) is 11.5 Å². The zero-order valence-corrected chi connectivity index (χ0v) is 14.3. The summed E-state index contributed by atoms with van der Waals surface area (Å²) in [4.78, 5) is 16.9. The van der Waals surface area contributed by atoms with Crippen LogP contribution >= 0.6 is 11.3 Å². The highest BCUT2D eigenvalue weighted by atomic mass is 32.1. The van der Waals surface area contributed by atoms with Crippen LogP contribution in [0.15, 0.2) is 24.4 Å². The number of carbonyl (C=O) groups excluding carboxylic acids is 1. The Morgan fingerprint density at radius 3 is 2.65 bits per heavy atom. The number of aromatic nitrogens is 1. The SMILES string of the molecule is COc1ccc(CCNC(=O)NCc2cnc(C)s2)cc1OC. The Balaban J connectivity index is 1.74. The highest BCUT2D eigenvalue weighted by Crippen LogP contribution is 2.27. The maximum atomic E-state index is 11.8. The van der Waals surface area contributed by atoms with Crippen LogP contribution < -0.4 is 20.1 Å². The van der Waals surface area contributed by atoms with E-state index in [9.17, 15) is 4.79 Å². The summed E-state index contributed by atoms with van der Waals surface area (Å²) in [6, 6.07) is 5.55. The quantitative estimate of drug-likeness (QED) is 0.815. The second kappa shape index (κ2) is 8.38. The van der Waals surface area contributed by atoms with Crippen molar-refractivity contribution in [2.75, 3.05) is 20.8 Å². The number of ether oxygens (including phenoxy) is 2. The standard InChI is InChI=1S/C16H21N3O3S/c1-11-18-9-13(23-11)10-19-16(20)17-7-6-12-4-5-14(21-2)15(8-12)22-3/h4-5,8-9H,6-7,10H2,1-3H3,(H2,17,19,20). The molecule has 0 radical (unpaired) electrons. The van der Waals surface area contributed by atoms with Gasteiger partial charge in [0.05, 0.1) is 25.8 Å². The number of nitrogens with zero attached hydrogens (tertiary/aromatic N) is 1. The van der Waals surface area contributed by atoms with Gasteiger partial charge in [0.1, 0.15) is 0 Å². The number of hydrogen-bond acceptors (Lipinski definition) is 5. The molecule has 0 saturated heterocycles. The minimum absolute atomic E-state index is 0.184. The first-order valence-electron chi connectivity index (χ1n) is 7.26. The Labute approximate surface area is 139 Å². The smallest absolute Gasteiger partial charge is 0.315 e. The fourth-order valence-corrected chi connectivity index (χ4v) is 2.81. The number of aryl methyl sites for hydroxylation is 1. The Hall–Kier alpha value is -2.28. The highest BCUT2D eigenvalue weighted by molar-refractivity contribution is 7.11. The monoisotopic (exact) mass is 335 g/mol. The molecular weight excluding hydrogens is 314 g/mol. The summed E-state index contributed by atoms with van der Waals surface area (Å²) >= 11 is 1.58. The third kappa shape index (κ3) is 5.14. The summed E-state index contributed by atoms with van der Waals surface area (Å²) in [5.74, 6) is 1.39. The Bertz CT molecular complexity index is 658. The molecule has 0 atom stereocenters. The zero-order valence-electron chi connectivity index (χ0n) is 13.5. The highest BCUT2D eigenvalue weighted by Gasteiger charge is 2.06. The van der Waals surface area contributed by atoms with Crippen LogP contribution in [0.5, 0.6) is 11.5 Å². The van der Waals surface area contributed by atoms with Gasteiger partial charge in [-0.1, -0.05) is 6.07 Å². The van der Waals surface area contributed by atoms with Crippen molar-refractivity contribution in [2.24, 2.45) is 0 Å². The lowest BCUT2D eigenvalue weighted by atomic mass is 10.1. The first-order chi connectivity index (χ1) is 11.1. The van der Waals surface area contributed by atoms with E-state index < -0.39 is 0 Å². The second-order valence-electron chi connectivity index (χ2n) is 4.89. The van der Waals surface area contributed by atoms with Crippen LogP contribution in [0.25, 0.3) is 0 Å². The molecule has 0 aliphatic heterocycles. The average molecular weight is 335 g/mol. The number of nitrogens with one attached hydrogen (secondary N) is 2. The van der Waals surface area contributed by atoms with Crippen molar-refractivity contribution in [3.8, 4) is 11.5 Å². The van der Waals surface area contributed by atoms with E-state index in [1.165, 1.54) is 0 Å². The molecule has 0 bridgehead atoms. The molecule has 0 aliphatic carbocycles. The molecule has 0 fully saturated rings. The van der Waals surface area contributed by atoms with E-state index in [2.05, 4.69) is 15.6 Å². The van der Waals surface area contributed by atoms with Gasteiger partial charge in [-0.05, 0) is 31.0 Å². The molecule has 2 rings (SSSR count). The molecule has 7 heteroatoms. The molecule has 23 heavy (non-hydrogen) atoms. The molecule has 1 aromatic carbocycles. The van der Waals surface area contributed by atoms with Gasteiger partial charge in [-0.15, -0.1) is 11.3 Å². The number of thiazole rings is 1. The maximum absolute atomic E-state index is 11.8. The number of rotatable bonds is 7. The van der Waals surface area contributed by atoms with Crippen LogP contribution in [0.2, 0.25) is 0 Å². The Morgan fingerprint density at radius 2 is 2.00 bits per heavy atom. The topological polar surface area (TPSA) is 72.5 Å². The predicted molar refractivity (Wildman–Crippen MR) is 90.3 cm³/mol. The summed E-state index contributed by atoms with van der Waals surface area (Å²) in [5.41, 5.74) is 1.07. The molecule has 2 aromatic rings. The summed E-state index contributed by atoms with van der Waals surface area (Å²) in [6.07, 6.45) is 2.50. The number of carbonyl (C=O) groups is 1. The van der Waals surface area contributed by atoms with E-state index >= 15 is 0 Å². The lowest BCUT2D eigenvalue weighted by molar-refractivity contribution is 0.240. The lowest BCUT2D eigenvalue weighted by Crippen LogP contribution is -2.36. The van der Waals surface area contributed by atoms with Crippen LogP contribution in [0.4, 0.5) is 4.79 Å². The van der Waals surface area contributed by atoms with Gasteiger partial charge in [0.2, 0.25) is 0 Å². The van der Waals surface area contributed by atoms with Gasteiger partial charge in [-0.2, -0.15) is 0 Å². The molecule has 2 N–H and O–H groups in total. The minimum Gasteiger partial charge on any atom is -0.493 e. The van der Waals surface area contributed by atoms with Gasteiger partial charge < -0.3 is 20.1 Å². The van der Waals surface area contributed by atoms with E-state index in [-0.39, 0.29) is 6.03 Å². The lowest BCUT2D eigenvalue weighted by Gasteiger charge is -2.10. The molecule has 0 aliphatic rings. The summed E-state index contributed by atoms with van der Waals surface area (Å²) in [5, 5.41) is 6.65. The van der Waals surface area contributed by atoms with E-state index in [0.717, 1.165) is 15.4 Å². The summed E-state index contributed by atoms with van der Waals surface area (Å²) < 4.78 is 10.5. The molecule has 0 unspecified atom stereocenters. The molecular formula is C16H21N3O3S.